The topological polar surface area (TPSA) is 100 Å². The molecule has 0 saturated carbocycles. The van der Waals surface area contributed by atoms with E-state index in [2.05, 4.69) is 10.7 Å². The Balaban J connectivity index is 0.00000120. The van der Waals surface area contributed by atoms with Crippen LogP contribution in [0.3, 0.4) is 0 Å². The summed E-state index contributed by atoms with van der Waals surface area (Å²) >= 11 is 6.01. The van der Waals surface area contributed by atoms with Crippen LogP contribution in [-0.2, 0) is 0 Å². The van der Waals surface area contributed by atoms with Crippen molar-refractivity contribution in [2.45, 2.75) is 27.7 Å². The molecule has 3 aromatic rings. The molecule has 0 atom stereocenters. The van der Waals surface area contributed by atoms with E-state index in [1.165, 1.54) is 14.2 Å². The van der Waals surface area contributed by atoms with Crippen molar-refractivity contribution in [2.75, 3.05) is 19.9 Å². The Labute approximate surface area is 177 Å². The van der Waals surface area contributed by atoms with E-state index in [9.17, 15) is 4.79 Å². The molecule has 0 spiro atoms. The van der Waals surface area contributed by atoms with Gasteiger partial charge in [-0.2, -0.15) is 0 Å². The number of anilines is 1. The van der Waals surface area contributed by atoms with Crippen molar-refractivity contribution in [3.8, 4) is 17.2 Å². The van der Waals surface area contributed by atoms with Crippen molar-refractivity contribution >= 4 is 34.5 Å². The van der Waals surface area contributed by atoms with Crippen LogP contribution in [0.5, 0.6) is 17.2 Å². The lowest BCUT2D eigenvalue weighted by atomic mass is 10.1. The van der Waals surface area contributed by atoms with Crippen LogP contribution in [0.1, 0.15) is 38.1 Å². The average Bonchev–Trinajstić information content (AvgIpc) is 2.79. The van der Waals surface area contributed by atoms with Gasteiger partial charge < -0.3 is 20.9 Å². The summed E-state index contributed by atoms with van der Waals surface area (Å²) in [7, 11) is 3.00. The van der Waals surface area contributed by atoms with Gasteiger partial charge in [0.15, 0.2) is 6.29 Å². The molecule has 1 aromatic heterocycles. The number of methoxy groups -OCH3 is 1. The van der Waals surface area contributed by atoms with Crippen LogP contribution in [0.25, 0.3) is 10.9 Å². The molecule has 158 valence electrons. The fourth-order valence-electron chi connectivity index (χ4n) is 2.22. The molecular formula is C22H30ClN3O3. The number of fused-ring (bicyclic) bond motifs is 1. The van der Waals surface area contributed by atoms with Crippen LogP contribution in [0.15, 0.2) is 42.6 Å². The SMILES string of the molecule is CC.CC.CN.COc1cc2nccc(Oc3ccc(N)c(Cl)c3)c2cc1C=O. The number of nitrogens with two attached hydrogens (primary N) is 2. The average molecular weight is 420 g/mol. The van der Waals surface area contributed by atoms with Crippen LogP contribution >= 0.6 is 11.6 Å². The smallest absolute Gasteiger partial charge is 0.153 e. The van der Waals surface area contributed by atoms with Gasteiger partial charge >= 0.3 is 0 Å². The first-order valence-corrected chi connectivity index (χ1v) is 9.72. The highest BCUT2D eigenvalue weighted by Crippen LogP contribution is 2.34. The van der Waals surface area contributed by atoms with Crippen molar-refractivity contribution < 1.29 is 14.3 Å². The molecule has 1 heterocycles. The predicted octanol–water partition coefficient (Wildman–Crippen LogP) is 5.71. The summed E-state index contributed by atoms with van der Waals surface area (Å²) in [4.78, 5) is 15.5. The minimum absolute atomic E-state index is 0.413. The largest absolute Gasteiger partial charge is 0.496 e. The number of hydrogen-bond donors (Lipinski definition) is 2. The molecule has 29 heavy (non-hydrogen) atoms. The van der Waals surface area contributed by atoms with Crippen molar-refractivity contribution in [1.82, 2.24) is 4.98 Å². The quantitative estimate of drug-likeness (QED) is 0.414. The molecule has 2 aromatic carbocycles. The second kappa shape index (κ2) is 14.2. The first kappa shape index (κ1) is 26.2. The normalized spacial score (nSPS) is 8.97. The highest BCUT2D eigenvalue weighted by Gasteiger charge is 2.11. The zero-order chi connectivity index (χ0) is 22.4. The third-order valence-electron chi connectivity index (χ3n) is 3.38. The second-order valence-electron chi connectivity index (χ2n) is 4.82. The van der Waals surface area contributed by atoms with Gasteiger partial charge in [0.2, 0.25) is 0 Å². The lowest BCUT2D eigenvalue weighted by Crippen LogP contribution is -1.94. The molecule has 7 heteroatoms. The number of ether oxygens (including phenoxy) is 2. The van der Waals surface area contributed by atoms with E-state index in [4.69, 9.17) is 26.8 Å². The monoisotopic (exact) mass is 419 g/mol. The van der Waals surface area contributed by atoms with Crippen molar-refractivity contribution in [3.05, 3.63) is 53.2 Å². The van der Waals surface area contributed by atoms with Gasteiger partial charge in [-0.25, -0.2) is 0 Å². The number of halogens is 1. The van der Waals surface area contributed by atoms with Gasteiger partial charge in [0.05, 0.1) is 28.9 Å². The summed E-state index contributed by atoms with van der Waals surface area (Å²) in [5.74, 6) is 1.56. The Morgan fingerprint density at radius 1 is 1.00 bits per heavy atom. The second-order valence-corrected chi connectivity index (χ2v) is 5.23. The molecule has 3 rings (SSSR count). The Hall–Kier alpha value is -2.83. The molecule has 0 aliphatic heterocycles. The van der Waals surface area contributed by atoms with E-state index in [0.717, 1.165) is 6.29 Å². The number of carbonyl (C=O) groups is 1. The third-order valence-corrected chi connectivity index (χ3v) is 3.71. The molecule has 0 fully saturated rings. The maximum absolute atomic E-state index is 11.2. The van der Waals surface area contributed by atoms with Gasteiger partial charge in [-0.15, -0.1) is 0 Å². The highest BCUT2D eigenvalue weighted by atomic mass is 35.5. The molecule has 0 radical (unpaired) electrons. The highest BCUT2D eigenvalue weighted by molar-refractivity contribution is 6.33. The first-order valence-electron chi connectivity index (χ1n) is 9.35. The number of aromatic nitrogens is 1. The maximum atomic E-state index is 11.2. The van der Waals surface area contributed by atoms with E-state index in [0.29, 0.717) is 44.4 Å². The van der Waals surface area contributed by atoms with Gasteiger partial charge in [-0.3, -0.25) is 9.78 Å². The van der Waals surface area contributed by atoms with Crippen LogP contribution in [-0.4, -0.2) is 25.4 Å². The molecule has 4 N–H and O–H groups in total. The minimum atomic E-state index is 0.413. The van der Waals surface area contributed by atoms with Gasteiger partial charge in [-0.1, -0.05) is 39.3 Å². The van der Waals surface area contributed by atoms with Crippen molar-refractivity contribution in [2.24, 2.45) is 5.73 Å². The number of carbonyl (C=O) groups excluding carboxylic acids is 1. The molecule has 0 saturated heterocycles. The Kier molecular flexibility index (Phi) is 12.8. The summed E-state index contributed by atoms with van der Waals surface area (Å²) in [5, 5.41) is 1.11. The summed E-state index contributed by atoms with van der Waals surface area (Å²) in [6.07, 6.45) is 2.35. The third kappa shape index (κ3) is 6.93. The summed E-state index contributed by atoms with van der Waals surface area (Å²) in [6, 6.07) is 10.1. The van der Waals surface area contributed by atoms with Crippen LogP contribution < -0.4 is 20.9 Å². The maximum Gasteiger partial charge on any atom is 0.153 e. The van der Waals surface area contributed by atoms with Crippen LogP contribution in [0.2, 0.25) is 5.02 Å². The molecule has 0 amide bonds. The van der Waals surface area contributed by atoms with Gasteiger partial charge in [0, 0.05) is 23.7 Å². The van der Waals surface area contributed by atoms with Gasteiger partial charge in [-0.05, 0) is 31.3 Å². The lowest BCUT2D eigenvalue weighted by Gasteiger charge is -2.11. The predicted molar refractivity (Wildman–Crippen MR) is 122 cm³/mol. The minimum Gasteiger partial charge on any atom is -0.496 e. The number of pyridine rings is 1. The van der Waals surface area contributed by atoms with E-state index in [-0.39, 0.29) is 0 Å². The molecule has 6 nitrogen and oxygen atoms in total. The zero-order valence-electron chi connectivity index (χ0n) is 17.8. The van der Waals surface area contributed by atoms with Crippen LogP contribution in [0.4, 0.5) is 5.69 Å². The Bertz CT molecular complexity index is 902. The van der Waals surface area contributed by atoms with Crippen molar-refractivity contribution in [3.63, 3.8) is 0 Å². The number of aldehydes is 1. The zero-order valence-corrected chi connectivity index (χ0v) is 18.6. The van der Waals surface area contributed by atoms with E-state index in [1.807, 2.05) is 27.7 Å². The standard InChI is InChI=1S/C17H13ClN2O3.2C2H6.CH5N/c1-22-17-8-15-12(6-10(17)9-21)16(4-5-20-15)23-11-2-3-14(19)13(18)7-11;3*1-2/h2-9H,19H2,1H3;2*1-2H3;2H2,1H3. The molecular weight excluding hydrogens is 390 g/mol. The number of hydrogen-bond acceptors (Lipinski definition) is 6. The number of benzene rings is 2. The lowest BCUT2D eigenvalue weighted by molar-refractivity contribution is 0.112. The summed E-state index contributed by atoms with van der Waals surface area (Å²) in [6.45, 7) is 8.00. The van der Waals surface area contributed by atoms with E-state index in [1.54, 1.807) is 42.6 Å². The fraction of sp³-hybridized carbons (Fsp3) is 0.273. The molecule has 0 bridgehead atoms. The molecule has 0 unspecified atom stereocenters. The summed E-state index contributed by atoms with van der Waals surface area (Å²) in [5.41, 5.74) is 11.8. The van der Waals surface area contributed by atoms with Crippen molar-refractivity contribution in [1.29, 1.82) is 0 Å². The number of nitrogens with zero attached hydrogens (tertiary/aromatic N) is 1. The van der Waals surface area contributed by atoms with E-state index >= 15 is 0 Å². The molecule has 0 aliphatic rings. The number of rotatable bonds is 4. The molecule has 0 aliphatic carbocycles. The summed E-state index contributed by atoms with van der Waals surface area (Å²) < 4.78 is 11.1. The first-order chi connectivity index (χ1) is 14.1. The Morgan fingerprint density at radius 3 is 2.21 bits per heavy atom. The van der Waals surface area contributed by atoms with Gasteiger partial charge in [0.25, 0.3) is 0 Å². The van der Waals surface area contributed by atoms with Gasteiger partial charge in [0.1, 0.15) is 17.2 Å². The Morgan fingerprint density at radius 2 is 1.66 bits per heavy atom. The number of nitrogen functional groups attached to an aromatic ring is 1. The van der Waals surface area contributed by atoms with E-state index < -0.39 is 0 Å². The fourth-order valence-corrected chi connectivity index (χ4v) is 2.39. The van der Waals surface area contributed by atoms with Crippen LogP contribution in [0, 0.1) is 0 Å².